The van der Waals surface area contributed by atoms with Crippen LogP contribution in [0.5, 0.6) is 0 Å². The molecule has 0 spiro atoms. The van der Waals surface area contributed by atoms with Gasteiger partial charge in [-0.3, -0.25) is 0 Å². The molecule has 62 valence electrons. The second kappa shape index (κ2) is 3.17. The van der Waals surface area contributed by atoms with Gasteiger partial charge in [0.1, 0.15) is 0 Å². The van der Waals surface area contributed by atoms with E-state index < -0.39 is 0 Å². The highest BCUT2D eigenvalue weighted by Crippen LogP contribution is 2.49. The molecule has 0 bridgehead atoms. The van der Waals surface area contributed by atoms with Crippen molar-refractivity contribution in [1.82, 2.24) is 0 Å². The van der Waals surface area contributed by atoms with Gasteiger partial charge in [-0.05, 0) is 42.3 Å². The van der Waals surface area contributed by atoms with Crippen LogP contribution in [0.3, 0.4) is 0 Å². The lowest BCUT2D eigenvalue weighted by molar-refractivity contribution is 0.567. The Kier molecular flexibility index (Phi) is 2.67. The van der Waals surface area contributed by atoms with E-state index in [9.17, 15) is 0 Å². The van der Waals surface area contributed by atoms with Crippen molar-refractivity contribution in [2.75, 3.05) is 23.5 Å². The summed E-state index contributed by atoms with van der Waals surface area (Å²) in [5.74, 6) is 5.57. The Hall–Kier alpha value is 0.350. The number of hydrogen-bond donors (Lipinski definition) is 0. The fourth-order valence-corrected chi connectivity index (χ4v) is 4.99. The maximum absolute atomic E-state index is 2.53. The first-order valence-electron chi connectivity index (χ1n) is 4.38. The molecule has 0 aromatic rings. The fourth-order valence-electron chi connectivity index (χ4n) is 1.90. The Morgan fingerprint density at radius 3 is 2.60 bits per heavy atom. The van der Waals surface area contributed by atoms with E-state index in [1.165, 1.54) is 18.6 Å². The van der Waals surface area contributed by atoms with Gasteiger partial charge < -0.3 is 0 Å². The van der Waals surface area contributed by atoms with Crippen LogP contribution in [0.2, 0.25) is 0 Å². The summed E-state index contributed by atoms with van der Waals surface area (Å²) in [6, 6.07) is 0. The van der Waals surface area contributed by atoms with Crippen LogP contribution in [0.4, 0.5) is 0 Å². The summed E-state index contributed by atoms with van der Waals surface area (Å²) >= 11 is 0. The zero-order valence-corrected chi connectivity index (χ0v) is 8.34. The summed E-state index contributed by atoms with van der Waals surface area (Å²) in [5.41, 5.74) is 0. The van der Waals surface area contributed by atoms with Gasteiger partial charge in [0.05, 0.1) is 0 Å². The van der Waals surface area contributed by atoms with Crippen LogP contribution in [0, 0.1) is 5.92 Å². The Morgan fingerprint density at radius 1 is 1.50 bits per heavy atom. The molecule has 1 heteroatoms. The molecule has 0 aromatic carbocycles. The summed E-state index contributed by atoms with van der Waals surface area (Å²) in [6.07, 6.45) is 5.52. The van der Waals surface area contributed by atoms with E-state index in [1.54, 1.807) is 11.5 Å². The van der Waals surface area contributed by atoms with Gasteiger partial charge in [-0.1, -0.05) is 13.8 Å². The van der Waals surface area contributed by atoms with Gasteiger partial charge in [-0.25, -0.2) is 10.0 Å². The van der Waals surface area contributed by atoms with Crippen molar-refractivity contribution >= 4 is 10.0 Å². The summed E-state index contributed by atoms with van der Waals surface area (Å²) in [7, 11) is -0.127. The molecule has 0 radical (unpaired) electrons. The third kappa shape index (κ3) is 1.91. The van der Waals surface area contributed by atoms with Crippen LogP contribution in [-0.4, -0.2) is 23.5 Å². The van der Waals surface area contributed by atoms with Crippen molar-refractivity contribution in [3.05, 3.63) is 0 Å². The van der Waals surface area contributed by atoms with Gasteiger partial charge in [0.15, 0.2) is 0 Å². The van der Waals surface area contributed by atoms with Crippen LogP contribution in [0.1, 0.15) is 26.7 Å². The predicted molar refractivity (Wildman–Crippen MR) is 52.2 cm³/mol. The topological polar surface area (TPSA) is 0 Å². The molecule has 1 aliphatic rings. The van der Waals surface area contributed by atoms with Crippen molar-refractivity contribution < 1.29 is 0 Å². The maximum atomic E-state index is 2.53. The minimum Gasteiger partial charge on any atom is -0.244 e. The van der Waals surface area contributed by atoms with E-state index >= 15 is 0 Å². The monoisotopic (exact) mass is 160 g/mol. The smallest absolute Gasteiger partial charge is 0.0204 e. The molecule has 10 heavy (non-hydrogen) atoms. The molecule has 1 saturated heterocycles. The summed E-state index contributed by atoms with van der Waals surface area (Å²) in [6.45, 7) is 4.79. The van der Waals surface area contributed by atoms with Crippen molar-refractivity contribution in [1.29, 1.82) is 0 Å². The van der Waals surface area contributed by atoms with Crippen LogP contribution in [0.25, 0.3) is 0 Å². The molecule has 0 aromatic heterocycles. The van der Waals surface area contributed by atoms with E-state index in [0.29, 0.717) is 0 Å². The van der Waals surface area contributed by atoms with E-state index in [4.69, 9.17) is 0 Å². The first-order valence-corrected chi connectivity index (χ1v) is 6.92. The molecule has 2 unspecified atom stereocenters. The Morgan fingerprint density at radius 2 is 2.20 bits per heavy atom. The minimum atomic E-state index is -0.127. The first-order chi connectivity index (χ1) is 4.66. The van der Waals surface area contributed by atoms with Crippen LogP contribution in [0.15, 0.2) is 0 Å². The van der Waals surface area contributed by atoms with E-state index in [2.05, 4.69) is 20.1 Å². The van der Waals surface area contributed by atoms with Crippen molar-refractivity contribution in [3.8, 4) is 0 Å². The Balaban J connectivity index is 2.45. The molecule has 1 rings (SSSR count). The third-order valence-electron chi connectivity index (χ3n) is 2.72. The SMILES string of the molecule is CCS1(C)CCCC(C)C1. The molecule has 1 aliphatic heterocycles. The molecule has 0 amide bonds. The van der Waals surface area contributed by atoms with E-state index in [0.717, 1.165) is 5.92 Å². The van der Waals surface area contributed by atoms with Gasteiger partial charge in [0, 0.05) is 0 Å². The molecular weight excluding hydrogens is 140 g/mol. The lowest BCUT2D eigenvalue weighted by Gasteiger charge is -2.41. The quantitative estimate of drug-likeness (QED) is 0.553. The molecule has 0 aliphatic carbocycles. The highest BCUT2D eigenvalue weighted by molar-refractivity contribution is 8.33. The van der Waals surface area contributed by atoms with Crippen LogP contribution in [-0.2, 0) is 0 Å². The molecule has 2 atom stereocenters. The molecule has 1 heterocycles. The third-order valence-corrected chi connectivity index (χ3v) is 6.76. The highest BCUT2D eigenvalue weighted by atomic mass is 32.3. The second-order valence-corrected chi connectivity index (χ2v) is 8.16. The lowest BCUT2D eigenvalue weighted by Crippen LogP contribution is -2.21. The maximum Gasteiger partial charge on any atom is -0.0204 e. The van der Waals surface area contributed by atoms with Crippen LogP contribution >= 0.6 is 10.0 Å². The number of hydrogen-bond acceptors (Lipinski definition) is 0. The summed E-state index contributed by atoms with van der Waals surface area (Å²) < 4.78 is 0. The average molecular weight is 160 g/mol. The fraction of sp³-hybridized carbons (Fsp3) is 1.00. The average Bonchev–Trinajstić information content (AvgIpc) is 1.88. The zero-order valence-electron chi connectivity index (χ0n) is 7.52. The van der Waals surface area contributed by atoms with Gasteiger partial charge in [0.25, 0.3) is 0 Å². The van der Waals surface area contributed by atoms with Gasteiger partial charge in [-0.15, -0.1) is 0 Å². The van der Waals surface area contributed by atoms with Gasteiger partial charge in [-0.2, -0.15) is 0 Å². The van der Waals surface area contributed by atoms with E-state index in [-0.39, 0.29) is 10.0 Å². The van der Waals surface area contributed by atoms with Gasteiger partial charge in [0.2, 0.25) is 0 Å². The normalized spacial score (nSPS) is 48.1. The molecule has 0 N–H and O–H groups in total. The molecule has 0 saturated carbocycles. The standard InChI is InChI=1S/C9H20S/c1-4-10(3)7-5-6-9(2)8-10/h9H,4-8H2,1-3H3. The minimum absolute atomic E-state index is 0.127. The van der Waals surface area contributed by atoms with Gasteiger partial charge >= 0.3 is 0 Å². The van der Waals surface area contributed by atoms with Crippen LogP contribution < -0.4 is 0 Å². The highest BCUT2D eigenvalue weighted by Gasteiger charge is 2.23. The Bertz CT molecular complexity index is 111. The van der Waals surface area contributed by atoms with E-state index in [1.807, 2.05) is 0 Å². The largest absolute Gasteiger partial charge is 0.244 e. The molecule has 0 nitrogen and oxygen atoms in total. The second-order valence-electron chi connectivity index (χ2n) is 3.89. The Labute approximate surface area is 66.7 Å². The molecular formula is C9H20S. The number of rotatable bonds is 1. The predicted octanol–water partition coefficient (Wildman–Crippen LogP) is 2.87. The molecule has 1 fully saturated rings. The summed E-state index contributed by atoms with van der Waals surface area (Å²) in [4.78, 5) is 0. The summed E-state index contributed by atoms with van der Waals surface area (Å²) in [5, 5.41) is 0. The van der Waals surface area contributed by atoms with Crippen molar-refractivity contribution in [2.24, 2.45) is 5.92 Å². The van der Waals surface area contributed by atoms with Crippen molar-refractivity contribution in [2.45, 2.75) is 26.7 Å². The lowest BCUT2D eigenvalue weighted by atomic mass is 10.1. The first kappa shape index (κ1) is 8.45. The van der Waals surface area contributed by atoms with Crippen molar-refractivity contribution in [3.63, 3.8) is 0 Å². The zero-order chi connectivity index (χ0) is 7.61.